The number of morpholine rings is 1. The second kappa shape index (κ2) is 12.8. The van der Waals surface area contributed by atoms with E-state index < -0.39 is 0 Å². The topological polar surface area (TPSA) is 79.6 Å². The van der Waals surface area contributed by atoms with Crippen molar-refractivity contribution >= 4 is 29.9 Å². The summed E-state index contributed by atoms with van der Waals surface area (Å²) in [5.41, 5.74) is 0. The highest BCUT2D eigenvalue weighted by atomic mass is 127. The van der Waals surface area contributed by atoms with Crippen LogP contribution in [0.5, 0.6) is 0 Å². The molecule has 0 radical (unpaired) electrons. The molecule has 0 bridgehead atoms. The van der Waals surface area contributed by atoms with Crippen LogP contribution in [0.1, 0.15) is 57.6 Å². The molecular formula is C21H40IN7O. The molecule has 30 heavy (non-hydrogen) atoms. The predicted octanol–water partition coefficient (Wildman–Crippen LogP) is 2.47. The summed E-state index contributed by atoms with van der Waals surface area (Å²) in [6, 6.07) is 0.978. The Balaban J connectivity index is 0.00000320. The maximum Gasteiger partial charge on any atom is 0.191 e. The Hall–Kier alpha value is -0.940. The molecule has 1 atom stereocenters. The lowest BCUT2D eigenvalue weighted by Crippen LogP contribution is -2.53. The average Bonchev–Trinajstić information content (AvgIpc) is 3.05. The highest BCUT2D eigenvalue weighted by Crippen LogP contribution is 2.17. The maximum atomic E-state index is 5.54. The molecule has 1 aliphatic carbocycles. The first-order valence-electron chi connectivity index (χ1n) is 11.3. The summed E-state index contributed by atoms with van der Waals surface area (Å²) in [6.07, 6.45) is 6.40. The molecule has 2 N–H and O–H groups in total. The quantitative estimate of drug-likeness (QED) is 0.319. The monoisotopic (exact) mass is 533 g/mol. The Morgan fingerprint density at radius 1 is 1.17 bits per heavy atom. The molecule has 2 fully saturated rings. The number of ether oxygens (including phenoxy) is 1. The van der Waals surface area contributed by atoms with Crippen molar-refractivity contribution in [2.45, 2.75) is 71.5 Å². The molecule has 1 aliphatic heterocycles. The lowest BCUT2D eigenvalue weighted by Gasteiger charge is -2.37. The van der Waals surface area contributed by atoms with Gasteiger partial charge in [0.05, 0.1) is 13.2 Å². The van der Waals surface area contributed by atoms with Crippen LogP contribution >= 0.6 is 24.0 Å². The van der Waals surface area contributed by atoms with Gasteiger partial charge in [0.25, 0.3) is 0 Å². The average molecular weight is 534 g/mol. The van der Waals surface area contributed by atoms with E-state index in [1.807, 2.05) is 18.5 Å². The first-order valence-corrected chi connectivity index (χ1v) is 11.3. The smallest absolute Gasteiger partial charge is 0.191 e. The number of hydrogen-bond acceptors (Lipinski definition) is 5. The second-order valence-corrected chi connectivity index (χ2v) is 8.71. The summed E-state index contributed by atoms with van der Waals surface area (Å²) in [4.78, 5) is 7.41. The van der Waals surface area contributed by atoms with E-state index in [0.29, 0.717) is 24.5 Å². The lowest BCUT2D eigenvalue weighted by molar-refractivity contribution is 0.00751. The van der Waals surface area contributed by atoms with E-state index in [9.17, 15) is 0 Å². The fourth-order valence-corrected chi connectivity index (χ4v) is 4.23. The van der Waals surface area contributed by atoms with Crippen LogP contribution in [-0.4, -0.2) is 70.6 Å². The summed E-state index contributed by atoms with van der Waals surface area (Å²) in [5.74, 6) is 3.27. The summed E-state index contributed by atoms with van der Waals surface area (Å²) < 4.78 is 7.55. The van der Waals surface area contributed by atoms with E-state index in [0.717, 1.165) is 50.5 Å². The predicted molar refractivity (Wildman–Crippen MR) is 131 cm³/mol. The number of nitrogens with zero attached hydrogens (tertiary/aromatic N) is 5. The Bertz CT molecular complexity index is 652. The van der Waals surface area contributed by atoms with Crippen LogP contribution in [0.15, 0.2) is 4.99 Å². The summed E-state index contributed by atoms with van der Waals surface area (Å²) >= 11 is 0. The fourth-order valence-electron chi connectivity index (χ4n) is 4.23. The minimum atomic E-state index is 0. The van der Waals surface area contributed by atoms with Gasteiger partial charge in [0.1, 0.15) is 12.4 Å². The van der Waals surface area contributed by atoms with Gasteiger partial charge in [-0.2, -0.15) is 0 Å². The van der Waals surface area contributed by atoms with Crippen molar-refractivity contribution < 1.29 is 4.74 Å². The second-order valence-electron chi connectivity index (χ2n) is 8.71. The van der Waals surface area contributed by atoms with Crippen LogP contribution in [0.2, 0.25) is 0 Å². The number of rotatable bonds is 7. The molecule has 9 heteroatoms. The molecule has 1 aromatic heterocycles. The zero-order chi connectivity index (χ0) is 20.6. The number of nitrogens with one attached hydrogen (secondary N) is 2. The molecule has 8 nitrogen and oxygen atoms in total. The van der Waals surface area contributed by atoms with Crippen molar-refractivity contribution in [2.24, 2.45) is 18.0 Å². The largest absolute Gasteiger partial charge is 0.379 e. The minimum absolute atomic E-state index is 0. The molecule has 1 unspecified atom stereocenters. The molecule has 0 spiro atoms. The third-order valence-corrected chi connectivity index (χ3v) is 6.27. The Labute approximate surface area is 198 Å². The highest BCUT2D eigenvalue weighted by Gasteiger charge is 2.24. The molecular weight excluding hydrogens is 493 g/mol. The number of guanidine groups is 1. The molecule has 2 aliphatic rings. The van der Waals surface area contributed by atoms with Gasteiger partial charge in [-0.15, -0.1) is 34.2 Å². The molecule has 3 rings (SSSR count). The van der Waals surface area contributed by atoms with Gasteiger partial charge in [0.15, 0.2) is 11.8 Å². The van der Waals surface area contributed by atoms with E-state index in [-0.39, 0.29) is 24.0 Å². The summed E-state index contributed by atoms with van der Waals surface area (Å²) in [5, 5.41) is 15.7. The van der Waals surface area contributed by atoms with Gasteiger partial charge in [0.2, 0.25) is 0 Å². The molecule has 2 heterocycles. The highest BCUT2D eigenvalue weighted by molar-refractivity contribution is 14.0. The van der Waals surface area contributed by atoms with Crippen molar-refractivity contribution in [3.63, 3.8) is 0 Å². The standard InChI is InChI=1S/C21H39N7O.HI/c1-16(2)19(28-10-12-29-13-11-28)14-22-21(24-18-8-6-5-7-9-18)23-15-20-26-25-17(3)27(20)4;/h16,18-19H,5-15H2,1-4H3,(H2,22,23,24);1H. The van der Waals surface area contributed by atoms with Gasteiger partial charge in [-0.05, 0) is 25.7 Å². The van der Waals surface area contributed by atoms with Gasteiger partial charge in [0, 0.05) is 38.8 Å². The molecule has 0 aromatic carbocycles. The van der Waals surface area contributed by atoms with Crippen LogP contribution in [0.25, 0.3) is 0 Å². The summed E-state index contributed by atoms with van der Waals surface area (Å²) in [6.45, 7) is 11.7. The molecule has 1 saturated heterocycles. The lowest BCUT2D eigenvalue weighted by atomic mass is 9.96. The van der Waals surface area contributed by atoms with Gasteiger partial charge in [-0.25, -0.2) is 4.99 Å². The van der Waals surface area contributed by atoms with Crippen molar-refractivity contribution in [3.05, 3.63) is 11.6 Å². The van der Waals surface area contributed by atoms with Crippen molar-refractivity contribution in [3.8, 4) is 0 Å². The van der Waals surface area contributed by atoms with Gasteiger partial charge in [-0.1, -0.05) is 33.1 Å². The Morgan fingerprint density at radius 3 is 2.47 bits per heavy atom. The third-order valence-electron chi connectivity index (χ3n) is 6.27. The number of hydrogen-bond donors (Lipinski definition) is 2. The van der Waals surface area contributed by atoms with Crippen LogP contribution in [0.4, 0.5) is 0 Å². The first kappa shape index (κ1) is 25.3. The molecule has 0 amide bonds. The first-order chi connectivity index (χ1) is 14.0. The van der Waals surface area contributed by atoms with Crippen LogP contribution in [0.3, 0.4) is 0 Å². The zero-order valence-corrected chi connectivity index (χ0v) is 21.4. The molecule has 172 valence electrons. The van der Waals surface area contributed by atoms with Crippen LogP contribution < -0.4 is 10.6 Å². The van der Waals surface area contributed by atoms with Gasteiger partial charge in [-0.3, -0.25) is 4.90 Å². The zero-order valence-electron chi connectivity index (χ0n) is 19.1. The van der Waals surface area contributed by atoms with Crippen molar-refractivity contribution in [1.82, 2.24) is 30.3 Å². The number of halogens is 1. The maximum absolute atomic E-state index is 5.54. The van der Waals surface area contributed by atoms with E-state index in [1.165, 1.54) is 32.1 Å². The number of aryl methyl sites for hydroxylation is 1. The van der Waals surface area contributed by atoms with Crippen LogP contribution in [0, 0.1) is 12.8 Å². The third kappa shape index (κ3) is 7.33. The van der Waals surface area contributed by atoms with E-state index in [4.69, 9.17) is 9.73 Å². The van der Waals surface area contributed by atoms with Gasteiger partial charge < -0.3 is 19.9 Å². The summed E-state index contributed by atoms with van der Waals surface area (Å²) in [7, 11) is 2.00. The molecule has 1 saturated carbocycles. The van der Waals surface area contributed by atoms with E-state index in [2.05, 4.69) is 39.6 Å². The SMILES string of the molecule is Cc1nnc(CN=C(NCC(C(C)C)N2CCOCC2)NC2CCCCC2)n1C.I. The Morgan fingerprint density at radius 2 is 1.87 bits per heavy atom. The fraction of sp³-hybridized carbons (Fsp3) is 0.857. The number of aliphatic imine (C=N–C) groups is 1. The van der Waals surface area contributed by atoms with E-state index >= 15 is 0 Å². The number of aromatic nitrogens is 3. The van der Waals surface area contributed by atoms with Crippen molar-refractivity contribution in [1.29, 1.82) is 0 Å². The van der Waals surface area contributed by atoms with Crippen LogP contribution in [-0.2, 0) is 18.3 Å². The van der Waals surface area contributed by atoms with E-state index in [1.54, 1.807) is 0 Å². The minimum Gasteiger partial charge on any atom is -0.379 e. The normalized spacial score (nSPS) is 20.1. The Kier molecular flexibility index (Phi) is 10.8. The van der Waals surface area contributed by atoms with Crippen molar-refractivity contribution in [2.75, 3.05) is 32.8 Å². The molecule has 1 aromatic rings. The van der Waals surface area contributed by atoms with Gasteiger partial charge >= 0.3 is 0 Å².